The van der Waals surface area contributed by atoms with Gasteiger partial charge >= 0.3 is 0 Å². The van der Waals surface area contributed by atoms with Gasteiger partial charge in [-0.05, 0) is 62.7 Å². The molecular weight excluding hydrogens is 655 g/mol. The third-order valence-corrected chi connectivity index (χ3v) is 11.3. The maximum Gasteiger partial charge on any atom is 0.235 e. The Morgan fingerprint density at radius 2 is 0.926 bits per heavy atom. The highest BCUT2D eigenvalue weighted by molar-refractivity contribution is 6.10. The van der Waals surface area contributed by atoms with Gasteiger partial charge in [0.15, 0.2) is 0 Å². The largest absolute Gasteiger partial charge is 0.278 e. The third kappa shape index (κ3) is 4.42. The highest BCUT2D eigenvalue weighted by atomic mass is 15.2. The summed E-state index contributed by atoms with van der Waals surface area (Å²) < 4.78 is 2.30. The van der Waals surface area contributed by atoms with Gasteiger partial charge in [0.25, 0.3) is 0 Å². The van der Waals surface area contributed by atoms with Crippen molar-refractivity contribution in [2.24, 2.45) is 0 Å². The zero-order valence-electron chi connectivity index (χ0n) is 29.4. The Morgan fingerprint density at radius 3 is 1.63 bits per heavy atom. The van der Waals surface area contributed by atoms with E-state index in [1.807, 2.05) is 0 Å². The predicted octanol–water partition coefficient (Wildman–Crippen LogP) is 12.4. The lowest BCUT2D eigenvalue weighted by molar-refractivity contribution is 0.769. The second kappa shape index (κ2) is 12.0. The van der Waals surface area contributed by atoms with Crippen molar-refractivity contribution in [2.45, 2.75) is 5.41 Å². The summed E-state index contributed by atoms with van der Waals surface area (Å²) in [6, 6.07) is 72.1. The Hall–Kier alpha value is -7.10. The van der Waals surface area contributed by atoms with Crippen LogP contribution in [0.2, 0.25) is 0 Å². The number of nitrogens with zero attached hydrogens (tertiary/aromatic N) is 3. The molecule has 3 heteroatoms. The highest BCUT2D eigenvalue weighted by Gasteiger charge is 2.46. The summed E-state index contributed by atoms with van der Waals surface area (Å²) in [6.07, 6.45) is 0. The lowest BCUT2D eigenvalue weighted by atomic mass is 9.67. The number of fused-ring (bicyclic) bond motifs is 7. The number of hydrogen-bond acceptors (Lipinski definition) is 2. The van der Waals surface area contributed by atoms with E-state index in [1.165, 1.54) is 38.9 Å². The van der Waals surface area contributed by atoms with Crippen molar-refractivity contribution in [1.29, 1.82) is 0 Å². The second-order valence-electron chi connectivity index (χ2n) is 14.1. The van der Waals surface area contributed by atoms with Crippen LogP contribution in [0.4, 0.5) is 0 Å². The van der Waals surface area contributed by atoms with E-state index in [4.69, 9.17) is 9.97 Å². The summed E-state index contributed by atoms with van der Waals surface area (Å²) in [5, 5.41) is 3.35. The molecule has 0 saturated heterocycles. The smallest absolute Gasteiger partial charge is 0.235 e. The van der Waals surface area contributed by atoms with Gasteiger partial charge in [0.05, 0.1) is 27.7 Å². The topological polar surface area (TPSA) is 30.7 Å². The van der Waals surface area contributed by atoms with Crippen molar-refractivity contribution in [2.75, 3.05) is 0 Å². The van der Waals surface area contributed by atoms with E-state index in [-0.39, 0.29) is 0 Å². The number of rotatable bonds is 5. The molecule has 0 bridgehead atoms. The van der Waals surface area contributed by atoms with Crippen LogP contribution < -0.4 is 0 Å². The number of para-hydroxylation sites is 1. The first-order chi connectivity index (χ1) is 26.8. The molecule has 0 fully saturated rings. The van der Waals surface area contributed by atoms with Crippen LogP contribution in [0.25, 0.3) is 72.2 Å². The minimum absolute atomic E-state index is 0.529. The molecule has 2 heterocycles. The predicted molar refractivity (Wildman–Crippen MR) is 222 cm³/mol. The fraction of sp³-hybridized carbons (Fsp3) is 0.0196. The second-order valence-corrected chi connectivity index (χ2v) is 14.1. The van der Waals surface area contributed by atoms with Crippen LogP contribution in [0.1, 0.15) is 22.3 Å². The van der Waals surface area contributed by atoms with Gasteiger partial charge in [-0.1, -0.05) is 182 Å². The molecule has 1 aliphatic rings. The van der Waals surface area contributed by atoms with E-state index in [2.05, 4.69) is 205 Å². The lowest BCUT2D eigenvalue weighted by Gasteiger charge is -2.34. The van der Waals surface area contributed by atoms with Crippen molar-refractivity contribution >= 4 is 32.7 Å². The maximum absolute atomic E-state index is 5.44. The molecule has 3 nitrogen and oxygen atoms in total. The first kappa shape index (κ1) is 30.5. The quantitative estimate of drug-likeness (QED) is 0.180. The van der Waals surface area contributed by atoms with Gasteiger partial charge in [0, 0.05) is 21.7 Å². The van der Waals surface area contributed by atoms with E-state index >= 15 is 0 Å². The van der Waals surface area contributed by atoms with E-state index in [9.17, 15) is 0 Å². The van der Waals surface area contributed by atoms with Crippen molar-refractivity contribution in [1.82, 2.24) is 14.5 Å². The Morgan fingerprint density at radius 1 is 0.370 bits per heavy atom. The van der Waals surface area contributed by atoms with Crippen molar-refractivity contribution in [3.05, 3.63) is 222 Å². The maximum atomic E-state index is 5.44. The third-order valence-electron chi connectivity index (χ3n) is 11.3. The van der Waals surface area contributed by atoms with Crippen LogP contribution in [0.5, 0.6) is 0 Å². The molecule has 54 heavy (non-hydrogen) atoms. The molecule has 0 atom stereocenters. The Balaban J connectivity index is 1.27. The van der Waals surface area contributed by atoms with Gasteiger partial charge in [-0.15, -0.1) is 0 Å². The Kier molecular flexibility index (Phi) is 6.77. The molecule has 0 radical (unpaired) electrons. The monoisotopic (exact) mass is 687 g/mol. The summed E-state index contributed by atoms with van der Waals surface area (Å²) >= 11 is 0. The first-order valence-electron chi connectivity index (χ1n) is 18.5. The fourth-order valence-electron chi connectivity index (χ4n) is 8.97. The standard InChI is InChI=1S/C51H33N3/c1-4-16-34(17-5-1)36-28-30-41-42-31-29-38(51(37-20-8-3-9-21-37)44-25-13-10-22-39(44)40-23-11-14-26-45(40)51)33-48(42)54(47(41)32-36)50-52-46-27-15-12-24-43(46)49(53-50)35-18-6-2-7-19-35/h1-33H. The van der Waals surface area contributed by atoms with E-state index < -0.39 is 5.41 Å². The molecule has 0 N–H and O–H groups in total. The summed E-state index contributed by atoms with van der Waals surface area (Å²) in [5.41, 5.74) is 14.4. The van der Waals surface area contributed by atoms with Crippen LogP contribution in [-0.4, -0.2) is 14.5 Å². The first-order valence-corrected chi connectivity index (χ1v) is 18.5. The highest BCUT2D eigenvalue weighted by Crippen LogP contribution is 2.56. The van der Waals surface area contributed by atoms with Gasteiger partial charge in [0.1, 0.15) is 0 Å². The van der Waals surface area contributed by atoms with Crippen LogP contribution in [0.3, 0.4) is 0 Å². The SMILES string of the molecule is c1ccc(-c2ccc3c4ccc(C5(c6ccccc6)c6ccccc6-c6ccccc65)cc4n(-c4nc(-c5ccccc5)c5ccccc5n4)c3c2)cc1. The summed E-state index contributed by atoms with van der Waals surface area (Å²) in [5.74, 6) is 0.649. The molecule has 252 valence electrons. The normalized spacial score (nSPS) is 13.0. The molecule has 0 spiro atoms. The van der Waals surface area contributed by atoms with Crippen molar-refractivity contribution < 1.29 is 0 Å². The Labute approximate surface area is 313 Å². The van der Waals surface area contributed by atoms with Crippen LogP contribution in [0, 0.1) is 0 Å². The average Bonchev–Trinajstić information content (AvgIpc) is 3.74. The van der Waals surface area contributed by atoms with Gasteiger partial charge in [-0.3, -0.25) is 4.57 Å². The molecule has 0 saturated carbocycles. The molecular formula is C51H33N3. The molecule has 0 amide bonds. The zero-order chi connectivity index (χ0) is 35.6. The van der Waals surface area contributed by atoms with E-state index in [1.54, 1.807) is 0 Å². The number of aromatic nitrogens is 3. The molecule has 2 aromatic heterocycles. The van der Waals surface area contributed by atoms with E-state index in [0.29, 0.717) is 5.95 Å². The van der Waals surface area contributed by atoms with E-state index in [0.717, 1.165) is 49.5 Å². The van der Waals surface area contributed by atoms with Gasteiger partial charge in [-0.2, -0.15) is 0 Å². The summed E-state index contributed by atoms with van der Waals surface area (Å²) in [4.78, 5) is 10.8. The Bertz CT molecular complexity index is 2990. The van der Waals surface area contributed by atoms with Crippen LogP contribution >= 0.6 is 0 Å². The molecule has 0 unspecified atom stereocenters. The molecule has 1 aliphatic carbocycles. The number of benzene rings is 8. The van der Waals surface area contributed by atoms with Crippen LogP contribution in [-0.2, 0) is 5.41 Å². The average molecular weight is 688 g/mol. The van der Waals surface area contributed by atoms with Crippen molar-refractivity contribution in [3.63, 3.8) is 0 Å². The lowest BCUT2D eigenvalue weighted by Crippen LogP contribution is -2.28. The van der Waals surface area contributed by atoms with Crippen molar-refractivity contribution in [3.8, 4) is 39.5 Å². The summed E-state index contributed by atoms with van der Waals surface area (Å²) in [6.45, 7) is 0. The fourth-order valence-corrected chi connectivity index (χ4v) is 8.97. The molecule has 8 aromatic carbocycles. The minimum atomic E-state index is -0.529. The number of hydrogen-bond donors (Lipinski definition) is 0. The van der Waals surface area contributed by atoms with Gasteiger partial charge < -0.3 is 0 Å². The summed E-state index contributed by atoms with van der Waals surface area (Å²) in [7, 11) is 0. The van der Waals surface area contributed by atoms with Crippen LogP contribution in [0.15, 0.2) is 200 Å². The molecule has 0 aliphatic heterocycles. The molecule has 10 aromatic rings. The zero-order valence-corrected chi connectivity index (χ0v) is 29.4. The van der Waals surface area contributed by atoms with Gasteiger partial charge in [-0.25, -0.2) is 9.97 Å². The minimum Gasteiger partial charge on any atom is -0.278 e. The molecule has 11 rings (SSSR count). The van der Waals surface area contributed by atoms with Gasteiger partial charge in [0.2, 0.25) is 5.95 Å².